The summed E-state index contributed by atoms with van der Waals surface area (Å²) in [6, 6.07) is 1.56. The fraction of sp³-hybridized carbons (Fsp3) is 0.455. The molecule has 1 rings (SSSR count). The van der Waals surface area contributed by atoms with Gasteiger partial charge in [-0.3, -0.25) is 9.59 Å². The number of esters is 1. The highest BCUT2D eigenvalue weighted by atomic mass is 32.1. The van der Waals surface area contributed by atoms with E-state index in [0.29, 0.717) is 5.00 Å². The number of thiophene rings is 1. The van der Waals surface area contributed by atoms with Crippen LogP contribution in [0.5, 0.6) is 0 Å². The lowest BCUT2D eigenvalue weighted by molar-refractivity contribution is -0.162. The van der Waals surface area contributed by atoms with Crippen molar-refractivity contribution < 1.29 is 19.4 Å². The van der Waals surface area contributed by atoms with Crippen LogP contribution in [-0.2, 0) is 9.53 Å². The Hall–Kier alpha value is -1.60. The molecule has 0 saturated heterocycles. The number of aliphatic hydroxyl groups excluding tert-OH is 1. The van der Waals surface area contributed by atoms with Crippen molar-refractivity contribution in [3.63, 3.8) is 0 Å². The molecule has 100 valence electrons. The second-order valence-corrected chi connectivity index (χ2v) is 5.19. The topological polar surface area (TPSA) is 102 Å². The van der Waals surface area contributed by atoms with Crippen LogP contribution in [0.4, 0.5) is 5.00 Å². The lowest BCUT2D eigenvalue weighted by Gasteiger charge is -2.30. The average molecular weight is 272 g/mol. The van der Waals surface area contributed by atoms with E-state index in [1.165, 1.54) is 18.3 Å². The van der Waals surface area contributed by atoms with E-state index in [9.17, 15) is 14.7 Å². The van der Waals surface area contributed by atoms with E-state index in [1.54, 1.807) is 25.3 Å². The number of nitrogens with two attached hydrogens (primary N) is 1. The molecular weight excluding hydrogens is 256 g/mol. The second-order valence-electron chi connectivity index (χ2n) is 4.27. The molecular formula is C11H16N2O4S. The van der Waals surface area contributed by atoms with Gasteiger partial charge in [-0.1, -0.05) is 0 Å². The Labute approximate surface area is 109 Å². The molecule has 0 spiro atoms. The summed E-state index contributed by atoms with van der Waals surface area (Å²) in [5.41, 5.74) is 4.35. The third-order valence-electron chi connectivity index (χ3n) is 2.26. The lowest BCUT2D eigenvalue weighted by Crippen LogP contribution is -2.45. The number of nitrogens with one attached hydrogen (secondary N) is 1. The Morgan fingerprint density at radius 2 is 2.17 bits per heavy atom. The molecule has 1 heterocycles. The first-order chi connectivity index (χ1) is 8.24. The van der Waals surface area contributed by atoms with Crippen LogP contribution in [0.25, 0.3) is 0 Å². The summed E-state index contributed by atoms with van der Waals surface area (Å²) in [6.07, 6.45) is -1.15. The average Bonchev–Trinajstić information content (AvgIpc) is 2.63. The molecule has 1 amide bonds. The van der Waals surface area contributed by atoms with Crippen LogP contribution < -0.4 is 11.1 Å². The Morgan fingerprint density at radius 1 is 1.56 bits per heavy atom. The number of ether oxygens (including phenoxy) is 1. The van der Waals surface area contributed by atoms with E-state index >= 15 is 0 Å². The highest BCUT2D eigenvalue weighted by Crippen LogP contribution is 2.26. The maximum Gasteiger partial charge on any atom is 0.303 e. The van der Waals surface area contributed by atoms with Crippen molar-refractivity contribution in [3.8, 4) is 0 Å². The number of hydrogen-bond donors (Lipinski definition) is 3. The SMILES string of the molecule is CC(=O)OC(C)(C)C(O)Nc1sccc1C(N)=O. The van der Waals surface area contributed by atoms with Crippen molar-refractivity contribution in [2.24, 2.45) is 5.73 Å². The molecule has 0 aliphatic rings. The van der Waals surface area contributed by atoms with Gasteiger partial charge < -0.3 is 20.9 Å². The van der Waals surface area contributed by atoms with Gasteiger partial charge in [0.2, 0.25) is 0 Å². The van der Waals surface area contributed by atoms with E-state index in [2.05, 4.69) is 5.32 Å². The second kappa shape index (κ2) is 5.36. The van der Waals surface area contributed by atoms with Gasteiger partial charge in [0.1, 0.15) is 5.00 Å². The van der Waals surface area contributed by atoms with E-state index in [4.69, 9.17) is 10.5 Å². The van der Waals surface area contributed by atoms with Crippen molar-refractivity contribution >= 4 is 28.2 Å². The number of aliphatic hydroxyl groups is 1. The fourth-order valence-electron chi connectivity index (χ4n) is 1.34. The van der Waals surface area contributed by atoms with E-state index in [-0.39, 0.29) is 5.56 Å². The third kappa shape index (κ3) is 3.44. The Kier molecular flexibility index (Phi) is 4.31. The van der Waals surface area contributed by atoms with Gasteiger partial charge in [0.05, 0.1) is 5.56 Å². The number of amides is 1. The summed E-state index contributed by atoms with van der Waals surface area (Å²) in [5, 5.41) is 14.8. The molecule has 0 aromatic carbocycles. The first-order valence-corrected chi connectivity index (χ1v) is 6.13. The number of carbonyl (C=O) groups is 2. The van der Waals surface area contributed by atoms with Crippen LogP contribution in [0.1, 0.15) is 31.1 Å². The van der Waals surface area contributed by atoms with Crippen molar-refractivity contribution in [3.05, 3.63) is 17.0 Å². The van der Waals surface area contributed by atoms with E-state index in [1.807, 2.05) is 0 Å². The molecule has 0 fully saturated rings. The Balaban J connectivity index is 2.80. The largest absolute Gasteiger partial charge is 0.455 e. The standard InChI is InChI=1S/C11H16N2O4S/c1-6(14)17-11(2,3)10(16)13-9-7(8(12)15)4-5-18-9/h4-5,10,13,16H,1-3H3,(H2,12,15). The number of carbonyl (C=O) groups excluding carboxylic acids is 2. The summed E-state index contributed by atoms with van der Waals surface area (Å²) in [6.45, 7) is 4.38. The van der Waals surface area contributed by atoms with Crippen LogP contribution in [-0.4, -0.2) is 28.8 Å². The van der Waals surface area contributed by atoms with Gasteiger partial charge in [0.15, 0.2) is 11.8 Å². The smallest absolute Gasteiger partial charge is 0.303 e. The maximum absolute atomic E-state index is 11.1. The summed E-state index contributed by atoms with van der Waals surface area (Å²) in [5.74, 6) is -1.08. The molecule has 0 aliphatic carbocycles. The minimum absolute atomic E-state index is 0.290. The number of anilines is 1. The molecule has 1 aromatic heterocycles. The van der Waals surface area contributed by atoms with Gasteiger partial charge in [-0.25, -0.2) is 0 Å². The normalized spacial score (nSPS) is 12.9. The van der Waals surface area contributed by atoms with Crippen molar-refractivity contribution in [1.29, 1.82) is 0 Å². The van der Waals surface area contributed by atoms with Crippen molar-refractivity contribution in [1.82, 2.24) is 0 Å². The minimum Gasteiger partial charge on any atom is -0.455 e. The molecule has 1 unspecified atom stereocenters. The zero-order valence-electron chi connectivity index (χ0n) is 10.4. The van der Waals surface area contributed by atoms with Gasteiger partial charge in [0, 0.05) is 6.92 Å². The predicted molar refractivity (Wildman–Crippen MR) is 68.3 cm³/mol. The number of primary amides is 1. The number of rotatable bonds is 5. The first kappa shape index (κ1) is 14.5. The van der Waals surface area contributed by atoms with Crippen molar-refractivity contribution in [2.45, 2.75) is 32.6 Å². The van der Waals surface area contributed by atoms with Gasteiger partial charge in [0.25, 0.3) is 5.91 Å². The van der Waals surface area contributed by atoms with E-state index in [0.717, 1.165) is 0 Å². The third-order valence-corrected chi connectivity index (χ3v) is 3.11. The van der Waals surface area contributed by atoms with Crippen LogP contribution in [0.15, 0.2) is 11.4 Å². The van der Waals surface area contributed by atoms with Crippen LogP contribution in [0, 0.1) is 0 Å². The predicted octanol–water partition coefficient (Wildman–Crippen LogP) is 0.919. The Bertz CT molecular complexity index is 456. The van der Waals surface area contributed by atoms with Crippen LogP contribution in [0.2, 0.25) is 0 Å². The lowest BCUT2D eigenvalue weighted by atomic mass is 10.1. The molecule has 4 N–H and O–H groups in total. The summed E-state index contributed by atoms with van der Waals surface area (Å²) >= 11 is 1.23. The number of hydrogen-bond acceptors (Lipinski definition) is 6. The Morgan fingerprint density at radius 3 is 2.67 bits per heavy atom. The molecule has 0 bridgehead atoms. The van der Waals surface area contributed by atoms with Crippen LogP contribution >= 0.6 is 11.3 Å². The maximum atomic E-state index is 11.1. The molecule has 1 atom stereocenters. The molecule has 0 aliphatic heterocycles. The summed E-state index contributed by atoms with van der Waals surface area (Å²) in [7, 11) is 0. The molecule has 1 aromatic rings. The monoisotopic (exact) mass is 272 g/mol. The van der Waals surface area contributed by atoms with Gasteiger partial charge >= 0.3 is 5.97 Å². The van der Waals surface area contributed by atoms with Crippen molar-refractivity contribution in [2.75, 3.05) is 5.32 Å². The minimum atomic E-state index is -1.15. The molecule has 18 heavy (non-hydrogen) atoms. The first-order valence-electron chi connectivity index (χ1n) is 5.25. The summed E-state index contributed by atoms with van der Waals surface area (Å²) in [4.78, 5) is 22.0. The van der Waals surface area contributed by atoms with Gasteiger partial charge in [-0.15, -0.1) is 11.3 Å². The quantitative estimate of drug-likeness (QED) is 0.546. The zero-order valence-corrected chi connectivity index (χ0v) is 11.2. The van der Waals surface area contributed by atoms with Gasteiger partial charge in [-0.2, -0.15) is 0 Å². The fourth-order valence-corrected chi connectivity index (χ4v) is 2.15. The highest BCUT2D eigenvalue weighted by molar-refractivity contribution is 7.14. The molecule has 0 saturated carbocycles. The summed E-state index contributed by atoms with van der Waals surface area (Å²) < 4.78 is 4.99. The van der Waals surface area contributed by atoms with Gasteiger partial charge in [-0.05, 0) is 25.3 Å². The molecule has 6 nitrogen and oxygen atoms in total. The zero-order chi connectivity index (χ0) is 13.9. The van der Waals surface area contributed by atoms with Crippen LogP contribution in [0.3, 0.4) is 0 Å². The highest BCUT2D eigenvalue weighted by Gasteiger charge is 2.32. The molecule has 0 radical (unpaired) electrons. The molecule has 7 heteroatoms. The van der Waals surface area contributed by atoms with E-state index < -0.39 is 23.7 Å².